The molecule has 0 spiro atoms. The van der Waals surface area contributed by atoms with E-state index in [1.807, 2.05) is 0 Å². The minimum absolute atomic E-state index is 0.0502. The highest BCUT2D eigenvalue weighted by molar-refractivity contribution is 5.95. The fourth-order valence-corrected chi connectivity index (χ4v) is 3.77. The second-order valence-electron chi connectivity index (χ2n) is 7.46. The van der Waals surface area contributed by atoms with Crippen LogP contribution in [-0.2, 0) is 6.42 Å². The molecule has 1 aromatic carbocycles. The lowest BCUT2D eigenvalue weighted by atomic mass is 10.0. The summed E-state index contributed by atoms with van der Waals surface area (Å²) in [6.07, 6.45) is 6.16. The second kappa shape index (κ2) is 8.16. The summed E-state index contributed by atoms with van der Waals surface area (Å²) in [6, 6.07) is 7.17. The predicted octanol–water partition coefficient (Wildman–Crippen LogP) is 1.75. The van der Waals surface area contributed by atoms with Crippen molar-refractivity contribution in [3.05, 3.63) is 88.1 Å². The quantitative estimate of drug-likeness (QED) is 0.711. The van der Waals surface area contributed by atoms with Crippen molar-refractivity contribution < 1.29 is 14.3 Å². The largest absolute Gasteiger partial charge is 0.391 e. The van der Waals surface area contributed by atoms with Gasteiger partial charge >= 0.3 is 0 Å². The van der Waals surface area contributed by atoms with Crippen molar-refractivity contribution in [2.45, 2.75) is 19.4 Å². The van der Waals surface area contributed by atoms with E-state index in [0.29, 0.717) is 24.2 Å². The lowest BCUT2D eigenvalue weighted by molar-refractivity contribution is 0.0761. The third kappa shape index (κ3) is 3.86. The Morgan fingerprint density at radius 1 is 1.20 bits per heavy atom. The number of aryl methyl sites for hydroxylation is 1. The number of aliphatic hydroxyl groups excluding tert-OH is 1. The van der Waals surface area contributed by atoms with Crippen LogP contribution >= 0.6 is 0 Å². The summed E-state index contributed by atoms with van der Waals surface area (Å²) in [6.45, 7) is 2.17. The average Bonchev–Trinajstić information content (AvgIpc) is 3.10. The van der Waals surface area contributed by atoms with Gasteiger partial charge in [-0.25, -0.2) is 4.39 Å². The molecular weight excluding hydrogens is 387 g/mol. The van der Waals surface area contributed by atoms with E-state index in [-0.39, 0.29) is 18.0 Å². The molecule has 3 aromatic rings. The Morgan fingerprint density at radius 2 is 1.97 bits per heavy atom. The molecule has 2 atom stereocenters. The summed E-state index contributed by atoms with van der Waals surface area (Å²) in [5.74, 6) is -1.01. The van der Waals surface area contributed by atoms with Gasteiger partial charge in [-0.3, -0.25) is 24.1 Å². The highest BCUT2D eigenvalue weighted by Gasteiger charge is 2.36. The lowest BCUT2D eigenvalue weighted by Gasteiger charge is -2.18. The van der Waals surface area contributed by atoms with Crippen molar-refractivity contribution in [3.63, 3.8) is 0 Å². The van der Waals surface area contributed by atoms with Crippen molar-refractivity contribution in [3.8, 4) is 5.69 Å². The van der Waals surface area contributed by atoms with E-state index < -0.39 is 23.4 Å². The molecule has 1 amide bonds. The normalized spacial score (nSPS) is 18.6. The number of nitrogens with zero attached hydrogens (tertiary/aromatic N) is 4. The minimum atomic E-state index is -0.709. The van der Waals surface area contributed by atoms with Gasteiger partial charge in [0.2, 0.25) is 0 Å². The predicted molar refractivity (Wildman–Crippen MR) is 108 cm³/mol. The molecule has 3 heterocycles. The van der Waals surface area contributed by atoms with Gasteiger partial charge in [0.1, 0.15) is 11.4 Å². The second-order valence-corrected chi connectivity index (χ2v) is 7.46. The van der Waals surface area contributed by atoms with E-state index in [1.54, 1.807) is 37.8 Å². The summed E-state index contributed by atoms with van der Waals surface area (Å²) in [7, 11) is 0. The summed E-state index contributed by atoms with van der Waals surface area (Å²) >= 11 is 0. The number of aromatic nitrogens is 3. The van der Waals surface area contributed by atoms with Crippen molar-refractivity contribution in [1.82, 2.24) is 19.4 Å². The number of rotatable bonds is 4. The number of carbonyl (C=O) groups excluding carboxylic acids is 1. The number of β-amino-alcohol motifs (C(OH)–C–C–N with tert-alkyl or cyclic N) is 1. The minimum Gasteiger partial charge on any atom is -0.391 e. The monoisotopic (exact) mass is 408 g/mol. The number of aliphatic hydroxyl groups is 1. The van der Waals surface area contributed by atoms with Crippen LogP contribution in [0.1, 0.15) is 21.6 Å². The van der Waals surface area contributed by atoms with Crippen LogP contribution in [0.15, 0.2) is 59.9 Å². The van der Waals surface area contributed by atoms with E-state index in [9.17, 15) is 19.1 Å². The van der Waals surface area contributed by atoms with Crippen LogP contribution in [-0.4, -0.2) is 49.6 Å². The van der Waals surface area contributed by atoms with E-state index in [1.165, 1.54) is 33.7 Å². The number of halogens is 1. The van der Waals surface area contributed by atoms with Crippen LogP contribution in [0.5, 0.6) is 0 Å². The Balaban J connectivity index is 1.59. The summed E-state index contributed by atoms with van der Waals surface area (Å²) in [4.78, 5) is 36.0. The van der Waals surface area contributed by atoms with Crippen LogP contribution in [0, 0.1) is 18.7 Å². The summed E-state index contributed by atoms with van der Waals surface area (Å²) < 4.78 is 14.6. The maximum atomic E-state index is 13.2. The Hall–Kier alpha value is -3.39. The van der Waals surface area contributed by atoms with Crippen LogP contribution in [0.25, 0.3) is 5.69 Å². The van der Waals surface area contributed by atoms with Crippen LogP contribution in [0.3, 0.4) is 0 Å². The van der Waals surface area contributed by atoms with Gasteiger partial charge in [-0.2, -0.15) is 0 Å². The van der Waals surface area contributed by atoms with Crippen molar-refractivity contribution >= 4 is 5.91 Å². The molecule has 0 radical (unpaired) electrons. The first-order valence-electron chi connectivity index (χ1n) is 9.64. The van der Waals surface area contributed by atoms with Crippen molar-refractivity contribution in [1.29, 1.82) is 0 Å². The zero-order valence-corrected chi connectivity index (χ0v) is 16.4. The molecule has 1 N–H and O–H groups in total. The SMILES string of the molecule is Cc1ccn(-c2ccc(F)cc2)c(=O)c1C(=O)N1C[C@@H](Cc2cnccn2)[C@H](O)C1. The molecule has 0 unspecified atom stereocenters. The zero-order valence-electron chi connectivity index (χ0n) is 16.4. The van der Waals surface area contributed by atoms with Crippen molar-refractivity contribution in [2.75, 3.05) is 13.1 Å². The molecule has 0 bridgehead atoms. The first kappa shape index (κ1) is 19.9. The molecular formula is C22H21FN4O3. The number of likely N-dealkylation sites (tertiary alicyclic amines) is 1. The summed E-state index contributed by atoms with van der Waals surface area (Å²) in [5.41, 5.74) is 1.34. The number of amides is 1. The molecule has 2 aromatic heterocycles. The average molecular weight is 408 g/mol. The molecule has 0 saturated carbocycles. The molecule has 1 fully saturated rings. The Morgan fingerprint density at radius 3 is 2.67 bits per heavy atom. The van der Waals surface area contributed by atoms with Gasteiger partial charge < -0.3 is 10.0 Å². The Labute approximate surface area is 172 Å². The van der Waals surface area contributed by atoms with Crippen LogP contribution in [0.2, 0.25) is 0 Å². The lowest BCUT2D eigenvalue weighted by Crippen LogP contribution is -2.36. The smallest absolute Gasteiger partial charge is 0.268 e. The highest BCUT2D eigenvalue weighted by atomic mass is 19.1. The first-order chi connectivity index (χ1) is 14.4. The fraction of sp³-hybridized carbons (Fsp3) is 0.273. The highest BCUT2D eigenvalue weighted by Crippen LogP contribution is 2.23. The van der Waals surface area contributed by atoms with Crippen LogP contribution in [0.4, 0.5) is 4.39 Å². The van der Waals surface area contributed by atoms with Gasteiger partial charge in [-0.15, -0.1) is 0 Å². The third-order valence-electron chi connectivity index (χ3n) is 5.40. The number of carbonyl (C=O) groups is 1. The maximum Gasteiger partial charge on any atom is 0.268 e. The molecule has 154 valence electrons. The Kier molecular flexibility index (Phi) is 5.41. The topological polar surface area (TPSA) is 88.3 Å². The van der Waals surface area contributed by atoms with Crippen molar-refractivity contribution in [2.24, 2.45) is 5.92 Å². The maximum absolute atomic E-state index is 13.2. The van der Waals surface area contributed by atoms with E-state index in [2.05, 4.69) is 9.97 Å². The first-order valence-corrected chi connectivity index (χ1v) is 9.64. The van der Waals surface area contributed by atoms with Gasteiger partial charge in [0.25, 0.3) is 11.5 Å². The zero-order chi connectivity index (χ0) is 21.3. The molecule has 1 aliphatic heterocycles. The fourth-order valence-electron chi connectivity index (χ4n) is 3.77. The van der Waals surface area contributed by atoms with Gasteiger partial charge in [0.15, 0.2) is 0 Å². The number of benzene rings is 1. The number of hydrogen-bond donors (Lipinski definition) is 1. The molecule has 0 aliphatic carbocycles. The number of pyridine rings is 1. The van der Waals surface area contributed by atoms with Crippen LogP contribution < -0.4 is 5.56 Å². The standard InChI is InChI=1S/C22H21FN4O3/c1-14-6-9-27(18-4-2-16(23)3-5-18)22(30)20(14)21(29)26-12-15(19(28)13-26)10-17-11-24-7-8-25-17/h2-9,11,15,19,28H,10,12-13H2,1H3/t15-,19-/m1/s1. The molecule has 30 heavy (non-hydrogen) atoms. The van der Waals surface area contributed by atoms with Gasteiger partial charge in [-0.05, 0) is 49.2 Å². The van der Waals surface area contributed by atoms with E-state index in [0.717, 1.165) is 5.69 Å². The Bertz CT molecular complexity index is 1120. The molecule has 1 saturated heterocycles. The van der Waals surface area contributed by atoms with Gasteiger partial charge in [-0.1, -0.05) is 0 Å². The van der Waals surface area contributed by atoms with E-state index >= 15 is 0 Å². The molecule has 4 rings (SSSR count). The van der Waals surface area contributed by atoms with E-state index in [4.69, 9.17) is 0 Å². The molecule has 8 heteroatoms. The summed E-state index contributed by atoms with van der Waals surface area (Å²) in [5, 5.41) is 10.5. The number of hydrogen-bond acceptors (Lipinski definition) is 5. The van der Waals surface area contributed by atoms with Gasteiger partial charge in [0, 0.05) is 49.5 Å². The molecule has 1 aliphatic rings. The van der Waals surface area contributed by atoms with Gasteiger partial charge in [0.05, 0.1) is 11.8 Å². The third-order valence-corrected chi connectivity index (χ3v) is 5.40. The molecule has 7 nitrogen and oxygen atoms in total.